The van der Waals surface area contributed by atoms with E-state index in [-0.39, 0.29) is 17.4 Å². The lowest BCUT2D eigenvalue weighted by Crippen LogP contribution is -2.04. The molecule has 0 saturated carbocycles. The van der Waals surface area contributed by atoms with Crippen LogP contribution in [0, 0.1) is 0 Å². The zero-order chi connectivity index (χ0) is 14.2. The molecule has 0 saturated heterocycles. The number of aromatic hydroxyl groups is 2. The summed E-state index contributed by atoms with van der Waals surface area (Å²) in [5, 5.41) is 19.8. The molecule has 2 aromatic rings. The molecule has 7 heteroatoms. The Morgan fingerprint density at radius 1 is 1.11 bits per heavy atom. The van der Waals surface area contributed by atoms with Crippen molar-refractivity contribution in [1.29, 1.82) is 0 Å². The summed E-state index contributed by atoms with van der Waals surface area (Å²) in [6, 6.07) is 5.48. The molecule has 0 fully saturated rings. The largest absolute Gasteiger partial charge is 0.494 e. The van der Waals surface area contributed by atoms with Crippen LogP contribution in [0.4, 0.5) is 13.2 Å². The van der Waals surface area contributed by atoms with Crippen LogP contribution in [0.5, 0.6) is 11.8 Å². The smallest absolute Gasteiger partial charge is 0.416 e. The van der Waals surface area contributed by atoms with Gasteiger partial charge in [-0.05, 0) is 24.3 Å². The van der Waals surface area contributed by atoms with E-state index in [1.807, 2.05) is 0 Å². The van der Waals surface area contributed by atoms with Crippen LogP contribution in [0.3, 0.4) is 0 Å². The van der Waals surface area contributed by atoms with E-state index in [2.05, 4.69) is 15.9 Å². The first-order valence-corrected chi connectivity index (χ1v) is 6.33. The van der Waals surface area contributed by atoms with Crippen LogP contribution < -0.4 is 0 Å². The van der Waals surface area contributed by atoms with Crippen LogP contribution >= 0.6 is 15.9 Å². The van der Waals surface area contributed by atoms with E-state index in [4.69, 9.17) is 0 Å². The van der Waals surface area contributed by atoms with Crippen LogP contribution in [0.25, 0.3) is 5.69 Å². The molecular formula is C12H9BrF3NO2. The highest BCUT2D eigenvalue weighted by atomic mass is 79.9. The van der Waals surface area contributed by atoms with Gasteiger partial charge in [-0.25, -0.2) is 0 Å². The van der Waals surface area contributed by atoms with Crippen LogP contribution in [0.2, 0.25) is 0 Å². The normalized spacial score (nSPS) is 11.8. The van der Waals surface area contributed by atoms with Crippen molar-refractivity contribution in [2.45, 2.75) is 11.5 Å². The fourth-order valence-electron chi connectivity index (χ4n) is 1.69. The number of nitrogens with zero attached hydrogens (tertiary/aromatic N) is 1. The summed E-state index contributed by atoms with van der Waals surface area (Å²) in [7, 11) is 0. The molecule has 0 radical (unpaired) electrons. The van der Waals surface area contributed by atoms with Gasteiger partial charge in [-0.1, -0.05) is 15.9 Å². The molecule has 0 aliphatic carbocycles. The fourth-order valence-corrected chi connectivity index (χ4v) is 2.10. The van der Waals surface area contributed by atoms with Crippen molar-refractivity contribution >= 4 is 15.9 Å². The van der Waals surface area contributed by atoms with E-state index in [0.717, 1.165) is 16.7 Å². The summed E-state index contributed by atoms with van der Waals surface area (Å²) in [4.78, 5) is 0. The predicted molar refractivity (Wildman–Crippen MR) is 66.7 cm³/mol. The van der Waals surface area contributed by atoms with Gasteiger partial charge in [0.1, 0.15) is 0 Å². The second kappa shape index (κ2) is 4.80. The Balaban J connectivity index is 2.46. The van der Waals surface area contributed by atoms with E-state index < -0.39 is 11.7 Å². The number of hydrogen-bond donors (Lipinski definition) is 2. The van der Waals surface area contributed by atoms with E-state index >= 15 is 0 Å². The number of aromatic nitrogens is 1. The van der Waals surface area contributed by atoms with E-state index in [1.165, 1.54) is 18.2 Å². The second-order valence-electron chi connectivity index (χ2n) is 3.87. The molecule has 0 unspecified atom stereocenters. The van der Waals surface area contributed by atoms with Crippen molar-refractivity contribution in [2.24, 2.45) is 0 Å². The van der Waals surface area contributed by atoms with Gasteiger partial charge in [0.05, 0.1) is 11.3 Å². The van der Waals surface area contributed by atoms with Crippen molar-refractivity contribution in [3.63, 3.8) is 0 Å². The van der Waals surface area contributed by atoms with Gasteiger partial charge >= 0.3 is 6.18 Å². The highest BCUT2D eigenvalue weighted by molar-refractivity contribution is 9.08. The zero-order valence-corrected chi connectivity index (χ0v) is 11.0. The quantitative estimate of drug-likeness (QED) is 0.820. The molecule has 0 aliphatic heterocycles. The minimum absolute atomic E-state index is 0.214. The predicted octanol–water partition coefficient (Wildman–Crippen LogP) is 3.80. The van der Waals surface area contributed by atoms with Crippen molar-refractivity contribution < 1.29 is 23.4 Å². The van der Waals surface area contributed by atoms with Gasteiger partial charge < -0.3 is 10.2 Å². The summed E-state index contributed by atoms with van der Waals surface area (Å²) in [6.45, 7) is 0. The molecule has 2 N–H and O–H groups in total. The lowest BCUT2D eigenvalue weighted by molar-refractivity contribution is -0.137. The highest BCUT2D eigenvalue weighted by Gasteiger charge is 2.30. The van der Waals surface area contributed by atoms with Gasteiger partial charge in [-0.2, -0.15) is 13.2 Å². The summed E-state index contributed by atoms with van der Waals surface area (Å²) in [5.74, 6) is -0.458. The Morgan fingerprint density at radius 3 is 2.11 bits per heavy atom. The fraction of sp³-hybridized carbons (Fsp3) is 0.167. The van der Waals surface area contributed by atoms with Crippen LogP contribution in [0.1, 0.15) is 11.1 Å². The molecule has 2 rings (SSSR count). The van der Waals surface area contributed by atoms with Gasteiger partial charge in [-0.3, -0.25) is 4.57 Å². The Bertz CT molecular complexity index is 590. The first kappa shape index (κ1) is 13.8. The van der Waals surface area contributed by atoms with Crippen LogP contribution in [0.15, 0.2) is 30.3 Å². The number of halogens is 4. The van der Waals surface area contributed by atoms with E-state index in [9.17, 15) is 23.4 Å². The Kier molecular flexibility index (Phi) is 3.49. The summed E-state index contributed by atoms with van der Waals surface area (Å²) in [5.41, 5.74) is -0.101. The molecule has 3 nitrogen and oxygen atoms in total. The maximum Gasteiger partial charge on any atom is 0.416 e. The average molecular weight is 336 g/mol. The molecule has 0 bridgehead atoms. The first-order chi connectivity index (χ1) is 8.84. The third-order valence-corrected chi connectivity index (χ3v) is 3.23. The molecular weight excluding hydrogens is 327 g/mol. The van der Waals surface area contributed by atoms with Gasteiger partial charge in [0.15, 0.2) is 5.88 Å². The van der Waals surface area contributed by atoms with Gasteiger partial charge in [0, 0.05) is 17.0 Å². The standard InChI is InChI=1S/C12H9BrF3NO2/c13-6-7-5-10(18)17(11(7)19)9-3-1-8(2-4-9)12(14,15)16/h1-5,18-19H,6H2. The highest BCUT2D eigenvalue weighted by Crippen LogP contribution is 2.34. The zero-order valence-electron chi connectivity index (χ0n) is 9.45. The molecule has 102 valence electrons. The van der Waals surface area contributed by atoms with Gasteiger partial charge in [0.2, 0.25) is 5.88 Å². The van der Waals surface area contributed by atoms with Crippen LogP contribution in [-0.4, -0.2) is 14.8 Å². The molecule has 0 spiro atoms. The first-order valence-electron chi connectivity index (χ1n) is 5.20. The minimum Gasteiger partial charge on any atom is -0.494 e. The van der Waals surface area contributed by atoms with Crippen molar-refractivity contribution in [1.82, 2.24) is 4.57 Å². The number of benzene rings is 1. The summed E-state index contributed by atoms with van der Waals surface area (Å²) >= 11 is 3.13. The van der Waals surface area contributed by atoms with Gasteiger partial charge in [0.25, 0.3) is 0 Å². The molecule has 0 aliphatic rings. The maximum atomic E-state index is 12.4. The Labute approximate surface area is 115 Å². The molecule has 0 atom stereocenters. The van der Waals surface area contributed by atoms with Gasteiger partial charge in [-0.15, -0.1) is 0 Å². The third kappa shape index (κ3) is 2.56. The number of alkyl halides is 4. The summed E-state index contributed by atoms with van der Waals surface area (Å²) < 4.78 is 38.3. The maximum absolute atomic E-state index is 12.4. The van der Waals surface area contributed by atoms with E-state index in [1.54, 1.807) is 0 Å². The average Bonchev–Trinajstić information content (AvgIpc) is 2.63. The SMILES string of the molecule is Oc1cc(CBr)c(O)n1-c1ccc(C(F)(F)F)cc1. The van der Waals surface area contributed by atoms with Crippen LogP contribution in [-0.2, 0) is 11.5 Å². The summed E-state index contributed by atoms with van der Waals surface area (Å²) in [6.07, 6.45) is -4.42. The molecule has 1 aromatic carbocycles. The van der Waals surface area contributed by atoms with Crippen molar-refractivity contribution in [3.05, 3.63) is 41.5 Å². The monoisotopic (exact) mass is 335 g/mol. The number of hydrogen-bond acceptors (Lipinski definition) is 2. The van der Waals surface area contributed by atoms with Crippen molar-refractivity contribution in [2.75, 3.05) is 0 Å². The minimum atomic E-state index is -4.42. The second-order valence-corrected chi connectivity index (χ2v) is 4.43. The van der Waals surface area contributed by atoms with Crippen molar-refractivity contribution in [3.8, 4) is 17.4 Å². The topological polar surface area (TPSA) is 45.4 Å². The number of rotatable bonds is 2. The Hall–Kier alpha value is -1.63. The lowest BCUT2D eigenvalue weighted by atomic mass is 10.2. The van der Waals surface area contributed by atoms with E-state index in [0.29, 0.717) is 10.9 Å². The molecule has 19 heavy (non-hydrogen) atoms. The Morgan fingerprint density at radius 2 is 1.68 bits per heavy atom. The molecule has 1 aromatic heterocycles. The third-order valence-electron chi connectivity index (χ3n) is 2.63. The molecule has 0 amide bonds. The lowest BCUT2D eigenvalue weighted by Gasteiger charge is -2.10. The molecule has 1 heterocycles.